The van der Waals surface area contributed by atoms with E-state index in [0.717, 1.165) is 11.4 Å². The Bertz CT molecular complexity index is 1000. The number of nitrogens with one attached hydrogen (secondary N) is 2. The van der Waals surface area contributed by atoms with E-state index in [4.69, 9.17) is 23.2 Å². The summed E-state index contributed by atoms with van der Waals surface area (Å²) in [4.78, 5) is 24.4. The smallest absolute Gasteiger partial charge is 0.271 e. The molecule has 6 nitrogen and oxygen atoms in total. The van der Waals surface area contributed by atoms with Gasteiger partial charge in [-0.05, 0) is 43.3 Å². The van der Waals surface area contributed by atoms with Gasteiger partial charge < -0.3 is 10.6 Å². The van der Waals surface area contributed by atoms with E-state index in [0.29, 0.717) is 21.3 Å². The van der Waals surface area contributed by atoms with Crippen LogP contribution in [0.25, 0.3) is 5.69 Å². The number of aromatic nitrogens is 2. The molecule has 0 saturated carbocycles. The maximum atomic E-state index is 12.3. The van der Waals surface area contributed by atoms with E-state index in [2.05, 4.69) is 15.7 Å². The molecule has 0 unspecified atom stereocenters. The molecule has 28 heavy (non-hydrogen) atoms. The van der Waals surface area contributed by atoms with Gasteiger partial charge in [-0.3, -0.25) is 9.59 Å². The maximum absolute atomic E-state index is 12.3. The van der Waals surface area contributed by atoms with Crippen molar-refractivity contribution in [1.29, 1.82) is 0 Å². The lowest BCUT2D eigenvalue weighted by atomic mass is 10.2. The summed E-state index contributed by atoms with van der Waals surface area (Å²) in [5.74, 6) is -0.599. The Morgan fingerprint density at radius 3 is 2.29 bits per heavy atom. The van der Waals surface area contributed by atoms with Crippen molar-refractivity contribution in [2.75, 3.05) is 13.1 Å². The zero-order valence-electron chi connectivity index (χ0n) is 15.1. The molecule has 0 aliphatic rings. The van der Waals surface area contributed by atoms with Crippen LogP contribution in [-0.2, 0) is 0 Å². The standard InChI is InChI=1S/C20H18Cl2N4O2/c1-13-11-18(25-26(13)15-5-3-2-4-6-15)20(28)24-10-9-23-19(27)14-7-8-16(21)17(22)12-14/h2-8,11-12H,9-10H2,1H3,(H,23,27)(H,24,28). The fraction of sp³-hybridized carbons (Fsp3) is 0.150. The molecule has 3 rings (SSSR count). The summed E-state index contributed by atoms with van der Waals surface area (Å²) in [7, 11) is 0. The van der Waals surface area contributed by atoms with Gasteiger partial charge in [-0.25, -0.2) is 4.68 Å². The van der Waals surface area contributed by atoms with Gasteiger partial charge in [0.25, 0.3) is 11.8 Å². The first kappa shape index (κ1) is 19.9. The van der Waals surface area contributed by atoms with E-state index in [-0.39, 0.29) is 24.9 Å². The van der Waals surface area contributed by atoms with Crippen molar-refractivity contribution in [1.82, 2.24) is 20.4 Å². The summed E-state index contributed by atoms with van der Waals surface area (Å²) in [6.07, 6.45) is 0. The third-order valence-electron chi connectivity index (χ3n) is 4.00. The molecule has 0 fully saturated rings. The minimum Gasteiger partial charge on any atom is -0.350 e. The molecular formula is C20H18Cl2N4O2. The molecule has 1 aromatic heterocycles. The molecule has 0 aliphatic heterocycles. The second-order valence-electron chi connectivity index (χ2n) is 6.06. The van der Waals surface area contributed by atoms with E-state index in [1.807, 2.05) is 37.3 Å². The summed E-state index contributed by atoms with van der Waals surface area (Å²) < 4.78 is 1.71. The fourth-order valence-electron chi connectivity index (χ4n) is 2.60. The van der Waals surface area contributed by atoms with E-state index in [1.165, 1.54) is 6.07 Å². The molecule has 1 heterocycles. The Morgan fingerprint density at radius 2 is 1.61 bits per heavy atom. The topological polar surface area (TPSA) is 76.0 Å². The van der Waals surface area contributed by atoms with Crippen molar-refractivity contribution < 1.29 is 9.59 Å². The summed E-state index contributed by atoms with van der Waals surface area (Å²) in [5, 5.41) is 10.5. The molecule has 0 saturated heterocycles. The first-order valence-corrected chi connectivity index (χ1v) is 9.35. The molecule has 0 bridgehead atoms. The van der Waals surface area contributed by atoms with Crippen molar-refractivity contribution >= 4 is 35.0 Å². The quantitative estimate of drug-likeness (QED) is 0.602. The van der Waals surface area contributed by atoms with Crippen molar-refractivity contribution in [3.63, 3.8) is 0 Å². The number of carbonyl (C=O) groups excluding carboxylic acids is 2. The van der Waals surface area contributed by atoms with Crippen LogP contribution in [0.5, 0.6) is 0 Å². The van der Waals surface area contributed by atoms with Crippen molar-refractivity contribution in [2.45, 2.75) is 6.92 Å². The zero-order chi connectivity index (χ0) is 20.1. The maximum Gasteiger partial charge on any atom is 0.271 e. The van der Waals surface area contributed by atoms with Crippen LogP contribution in [0.4, 0.5) is 0 Å². The van der Waals surface area contributed by atoms with Gasteiger partial charge in [0.05, 0.1) is 15.7 Å². The predicted molar refractivity (Wildman–Crippen MR) is 109 cm³/mol. The van der Waals surface area contributed by atoms with Gasteiger partial charge in [-0.2, -0.15) is 5.10 Å². The number of benzene rings is 2. The predicted octanol–water partition coefficient (Wildman–Crippen LogP) is 3.65. The molecule has 0 atom stereocenters. The monoisotopic (exact) mass is 416 g/mol. The fourth-order valence-corrected chi connectivity index (χ4v) is 2.90. The van der Waals surface area contributed by atoms with Crippen molar-refractivity contribution in [3.05, 3.63) is 81.6 Å². The number of amides is 2. The lowest BCUT2D eigenvalue weighted by Crippen LogP contribution is -2.34. The Morgan fingerprint density at radius 1 is 0.929 bits per heavy atom. The zero-order valence-corrected chi connectivity index (χ0v) is 16.6. The highest BCUT2D eigenvalue weighted by Gasteiger charge is 2.13. The normalized spacial score (nSPS) is 10.5. The van der Waals surface area contributed by atoms with Crippen LogP contribution in [-0.4, -0.2) is 34.7 Å². The number of para-hydroxylation sites is 1. The Labute approximate surface area is 172 Å². The molecule has 2 N–H and O–H groups in total. The molecule has 2 amide bonds. The third-order valence-corrected chi connectivity index (χ3v) is 4.74. The van der Waals surface area contributed by atoms with Gasteiger partial charge in [-0.1, -0.05) is 41.4 Å². The molecule has 8 heteroatoms. The van der Waals surface area contributed by atoms with Crippen LogP contribution >= 0.6 is 23.2 Å². The lowest BCUT2D eigenvalue weighted by molar-refractivity contribution is 0.0925. The van der Waals surface area contributed by atoms with Crippen LogP contribution in [0.15, 0.2) is 54.6 Å². The molecule has 2 aromatic carbocycles. The number of nitrogens with zero attached hydrogens (tertiary/aromatic N) is 2. The molecular weight excluding hydrogens is 399 g/mol. The number of hydrogen-bond donors (Lipinski definition) is 2. The van der Waals surface area contributed by atoms with Crippen LogP contribution in [0.2, 0.25) is 10.0 Å². The number of halogens is 2. The highest BCUT2D eigenvalue weighted by Crippen LogP contribution is 2.22. The Hall–Kier alpha value is -2.83. The second-order valence-corrected chi connectivity index (χ2v) is 6.87. The minimum atomic E-state index is -0.304. The summed E-state index contributed by atoms with van der Waals surface area (Å²) in [5.41, 5.74) is 2.45. The first-order valence-electron chi connectivity index (χ1n) is 8.59. The van der Waals surface area contributed by atoms with Gasteiger partial charge >= 0.3 is 0 Å². The molecule has 3 aromatic rings. The van der Waals surface area contributed by atoms with Gasteiger partial charge in [0.2, 0.25) is 0 Å². The number of carbonyl (C=O) groups is 2. The van der Waals surface area contributed by atoms with Gasteiger partial charge in [0.15, 0.2) is 5.69 Å². The van der Waals surface area contributed by atoms with E-state index in [1.54, 1.807) is 22.9 Å². The van der Waals surface area contributed by atoms with E-state index >= 15 is 0 Å². The molecule has 144 valence electrons. The SMILES string of the molecule is Cc1cc(C(=O)NCCNC(=O)c2ccc(Cl)c(Cl)c2)nn1-c1ccccc1. The number of hydrogen-bond acceptors (Lipinski definition) is 3. The number of rotatable bonds is 6. The largest absolute Gasteiger partial charge is 0.350 e. The molecule has 0 spiro atoms. The Balaban J connectivity index is 1.52. The van der Waals surface area contributed by atoms with E-state index < -0.39 is 0 Å². The van der Waals surface area contributed by atoms with Crippen molar-refractivity contribution in [2.24, 2.45) is 0 Å². The third kappa shape index (κ3) is 4.71. The minimum absolute atomic E-state index is 0.267. The van der Waals surface area contributed by atoms with Crippen molar-refractivity contribution in [3.8, 4) is 5.69 Å². The van der Waals surface area contributed by atoms with Gasteiger partial charge in [0, 0.05) is 24.3 Å². The molecule has 0 radical (unpaired) electrons. The highest BCUT2D eigenvalue weighted by atomic mass is 35.5. The van der Waals surface area contributed by atoms with Crippen LogP contribution < -0.4 is 10.6 Å². The van der Waals surface area contributed by atoms with Crippen LogP contribution in [0, 0.1) is 6.92 Å². The number of aryl methyl sites for hydroxylation is 1. The van der Waals surface area contributed by atoms with Gasteiger partial charge in [0.1, 0.15) is 0 Å². The average Bonchev–Trinajstić information content (AvgIpc) is 3.09. The van der Waals surface area contributed by atoms with Crippen LogP contribution in [0.1, 0.15) is 26.5 Å². The Kier molecular flexibility index (Phi) is 6.34. The first-order chi connectivity index (χ1) is 13.5. The van der Waals surface area contributed by atoms with Gasteiger partial charge in [-0.15, -0.1) is 0 Å². The van der Waals surface area contributed by atoms with E-state index in [9.17, 15) is 9.59 Å². The summed E-state index contributed by atoms with van der Waals surface area (Å²) in [6, 6.07) is 15.9. The average molecular weight is 417 g/mol. The summed E-state index contributed by atoms with van der Waals surface area (Å²) >= 11 is 11.7. The second kappa shape index (κ2) is 8.91. The highest BCUT2D eigenvalue weighted by molar-refractivity contribution is 6.42. The van der Waals surface area contributed by atoms with Crippen LogP contribution in [0.3, 0.4) is 0 Å². The lowest BCUT2D eigenvalue weighted by Gasteiger charge is -2.07. The summed E-state index contributed by atoms with van der Waals surface area (Å²) in [6.45, 7) is 2.42. The molecule has 0 aliphatic carbocycles.